The van der Waals surface area contributed by atoms with Crippen molar-refractivity contribution in [3.8, 4) is 0 Å². The first-order chi connectivity index (χ1) is 14.0. The quantitative estimate of drug-likeness (QED) is 0.590. The van der Waals surface area contributed by atoms with E-state index >= 15 is 0 Å². The van der Waals surface area contributed by atoms with Crippen LogP contribution in [-0.2, 0) is 31.8 Å². The molecule has 1 aliphatic rings. The van der Waals surface area contributed by atoms with Crippen LogP contribution in [0.1, 0.15) is 27.5 Å². The van der Waals surface area contributed by atoms with E-state index in [2.05, 4.69) is 9.84 Å². The Hall–Kier alpha value is -1.80. The van der Waals surface area contributed by atoms with E-state index in [1.807, 2.05) is 0 Å². The van der Waals surface area contributed by atoms with Crippen molar-refractivity contribution in [1.29, 1.82) is 0 Å². The van der Waals surface area contributed by atoms with Gasteiger partial charge in [0.05, 0.1) is 18.5 Å². The van der Waals surface area contributed by atoms with Crippen LogP contribution in [0.25, 0.3) is 0 Å². The first-order valence-corrected chi connectivity index (χ1v) is 12.9. The highest BCUT2D eigenvalue weighted by molar-refractivity contribution is 7.89. The summed E-state index contributed by atoms with van der Waals surface area (Å²) in [6, 6.07) is 1.37. The predicted molar refractivity (Wildman–Crippen MR) is 110 cm³/mol. The molecule has 0 aromatic carbocycles. The van der Waals surface area contributed by atoms with E-state index in [0.29, 0.717) is 17.8 Å². The molecular formula is C17H24N4O6S3. The van der Waals surface area contributed by atoms with Gasteiger partial charge in [0.25, 0.3) is 0 Å². The first-order valence-electron chi connectivity index (χ1n) is 9.18. The maximum absolute atomic E-state index is 13.2. The van der Waals surface area contributed by atoms with E-state index in [0.717, 1.165) is 11.3 Å². The van der Waals surface area contributed by atoms with Gasteiger partial charge >= 0.3 is 5.97 Å². The van der Waals surface area contributed by atoms with Gasteiger partial charge in [-0.1, -0.05) is 0 Å². The molecule has 0 spiro atoms. The van der Waals surface area contributed by atoms with Crippen LogP contribution in [0, 0.1) is 13.8 Å². The summed E-state index contributed by atoms with van der Waals surface area (Å²) in [4.78, 5) is 12.0. The summed E-state index contributed by atoms with van der Waals surface area (Å²) in [7, 11) is -4.92. The van der Waals surface area contributed by atoms with Gasteiger partial charge in [-0.25, -0.2) is 21.6 Å². The van der Waals surface area contributed by atoms with Crippen LogP contribution < -0.4 is 0 Å². The fourth-order valence-electron chi connectivity index (χ4n) is 3.49. The van der Waals surface area contributed by atoms with Crippen molar-refractivity contribution in [3.63, 3.8) is 0 Å². The van der Waals surface area contributed by atoms with Crippen LogP contribution in [0.4, 0.5) is 0 Å². The number of hydrogen-bond acceptors (Lipinski definition) is 8. The van der Waals surface area contributed by atoms with Gasteiger partial charge in [0, 0.05) is 33.2 Å². The Morgan fingerprint density at radius 1 is 1.07 bits per heavy atom. The fourth-order valence-corrected chi connectivity index (χ4v) is 8.14. The Kier molecular flexibility index (Phi) is 6.39. The third-order valence-electron chi connectivity index (χ3n) is 5.07. The molecule has 0 saturated carbocycles. The second-order valence-electron chi connectivity index (χ2n) is 6.89. The molecule has 1 saturated heterocycles. The lowest BCUT2D eigenvalue weighted by Crippen LogP contribution is -2.37. The Bertz CT molecular complexity index is 1170. The third kappa shape index (κ3) is 3.91. The van der Waals surface area contributed by atoms with Gasteiger partial charge in [-0.2, -0.15) is 13.7 Å². The average Bonchev–Trinajstić information content (AvgIpc) is 3.16. The Morgan fingerprint density at radius 3 is 2.20 bits per heavy atom. The smallest absolute Gasteiger partial charge is 0.349 e. The van der Waals surface area contributed by atoms with Crippen molar-refractivity contribution in [2.75, 3.05) is 33.3 Å². The largest absolute Gasteiger partial charge is 0.465 e. The monoisotopic (exact) mass is 476 g/mol. The van der Waals surface area contributed by atoms with Crippen molar-refractivity contribution in [2.45, 2.75) is 30.1 Å². The Labute approximate surface area is 180 Å². The lowest BCUT2D eigenvalue weighted by atomic mass is 10.4. The molecule has 30 heavy (non-hydrogen) atoms. The van der Waals surface area contributed by atoms with Crippen LogP contribution in [0.15, 0.2) is 21.2 Å². The second kappa shape index (κ2) is 8.38. The lowest BCUT2D eigenvalue weighted by Gasteiger charge is -2.22. The molecule has 0 radical (unpaired) electrons. The van der Waals surface area contributed by atoms with E-state index in [4.69, 9.17) is 0 Å². The molecule has 3 rings (SSSR count). The van der Waals surface area contributed by atoms with Crippen molar-refractivity contribution < 1.29 is 26.4 Å². The van der Waals surface area contributed by atoms with Crippen molar-refractivity contribution in [1.82, 2.24) is 18.4 Å². The number of aromatic nitrogens is 2. The number of hydrogen-bond donors (Lipinski definition) is 0. The van der Waals surface area contributed by atoms with Crippen LogP contribution in [0.3, 0.4) is 0 Å². The number of sulfonamides is 2. The second-order valence-corrected chi connectivity index (χ2v) is 11.6. The van der Waals surface area contributed by atoms with Crippen molar-refractivity contribution >= 4 is 37.4 Å². The molecule has 166 valence electrons. The van der Waals surface area contributed by atoms with Crippen molar-refractivity contribution in [2.24, 2.45) is 7.05 Å². The van der Waals surface area contributed by atoms with E-state index in [9.17, 15) is 21.6 Å². The zero-order chi connectivity index (χ0) is 22.3. The molecule has 1 aliphatic heterocycles. The summed E-state index contributed by atoms with van der Waals surface area (Å²) in [6.45, 7) is 3.65. The van der Waals surface area contributed by atoms with E-state index in [-0.39, 0.29) is 40.8 Å². The van der Waals surface area contributed by atoms with Crippen LogP contribution in [0.5, 0.6) is 0 Å². The molecule has 2 aromatic rings. The summed E-state index contributed by atoms with van der Waals surface area (Å²) in [5, 5.41) is 5.69. The van der Waals surface area contributed by atoms with Crippen molar-refractivity contribution in [3.05, 3.63) is 27.7 Å². The number of thiophene rings is 1. The minimum atomic E-state index is -3.97. The number of methoxy groups -OCH3 is 1. The number of ether oxygens (including phenoxy) is 1. The van der Waals surface area contributed by atoms with Gasteiger partial charge in [-0.15, -0.1) is 11.3 Å². The average molecular weight is 477 g/mol. The topological polar surface area (TPSA) is 119 Å². The highest BCUT2D eigenvalue weighted by Gasteiger charge is 2.36. The van der Waals surface area contributed by atoms with Gasteiger partial charge in [0.15, 0.2) is 0 Å². The summed E-state index contributed by atoms with van der Waals surface area (Å²) < 4.78 is 61.4. The fraction of sp³-hybridized carbons (Fsp3) is 0.529. The third-order valence-corrected chi connectivity index (χ3v) is 10.2. The van der Waals surface area contributed by atoms with Gasteiger partial charge in [0.1, 0.15) is 14.7 Å². The molecular weight excluding hydrogens is 452 g/mol. The number of esters is 1. The highest BCUT2D eigenvalue weighted by Crippen LogP contribution is 2.28. The molecule has 1 fully saturated rings. The molecule has 0 atom stereocenters. The predicted octanol–water partition coefficient (Wildman–Crippen LogP) is 0.970. The normalized spacial score (nSPS) is 17.1. The van der Waals surface area contributed by atoms with Gasteiger partial charge in [0.2, 0.25) is 20.0 Å². The molecule has 0 bridgehead atoms. The highest BCUT2D eigenvalue weighted by atomic mass is 32.2. The lowest BCUT2D eigenvalue weighted by molar-refractivity contribution is 0.0602. The molecule has 0 amide bonds. The summed E-state index contributed by atoms with van der Waals surface area (Å²) in [6.07, 6.45) is 0.328. The van der Waals surface area contributed by atoms with Gasteiger partial charge < -0.3 is 4.74 Å². The molecule has 10 nitrogen and oxygen atoms in total. The van der Waals surface area contributed by atoms with Crippen LogP contribution >= 0.6 is 11.3 Å². The maximum atomic E-state index is 13.2. The van der Waals surface area contributed by atoms with E-state index < -0.39 is 26.0 Å². The Morgan fingerprint density at radius 2 is 1.67 bits per heavy atom. The van der Waals surface area contributed by atoms with Crippen LogP contribution in [-0.4, -0.2) is 74.5 Å². The minimum absolute atomic E-state index is 0.00698. The van der Waals surface area contributed by atoms with Gasteiger partial charge in [-0.05, 0) is 31.7 Å². The minimum Gasteiger partial charge on any atom is -0.465 e. The number of aryl methyl sites for hydroxylation is 2. The van der Waals surface area contributed by atoms with E-state index in [1.54, 1.807) is 20.9 Å². The zero-order valence-electron chi connectivity index (χ0n) is 17.2. The zero-order valence-corrected chi connectivity index (χ0v) is 19.6. The van der Waals surface area contributed by atoms with Gasteiger partial charge in [-0.3, -0.25) is 4.68 Å². The number of rotatable bonds is 5. The Balaban J connectivity index is 1.86. The molecule has 0 aliphatic carbocycles. The summed E-state index contributed by atoms with van der Waals surface area (Å²) in [5.41, 5.74) is 0.937. The molecule has 3 heterocycles. The number of carbonyl (C=O) groups is 1. The number of carbonyl (C=O) groups excluding carboxylic acids is 1. The summed E-state index contributed by atoms with van der Waals surface area (Å²) in [5.74, 6) is -0.717. The summed E-state index contributed by atoms with van der Waals surface area (Å²) >= 11 is 0.990. The molecule has 0 N–H and O–H groups in total. The van der Waals surface area contributed by atoms with Crippen LogP contribution in [0.2, 0.25) is 0 Å². The first kappa shape index (κ1) is 22.9. The maximum Gasteiger partial charge on any atom is 0.349 e. The standard InChI is InChI=1S/C17H24N4O6S3/c1-12-16(13(2)19(3)18-12)30(25,26)21-8-5-7-20(9-10-21)29(23,24)14-6-11-28-15(14)17(22)27-4/h6,11H,5,7-10H2,1-4H3. The molecule has 0 unspecified atom stereocenters. The SMILES string of the molecule is COC(=O)c1sccc1S(=O)(=O)N1CCCN(S(=O)(=O)c2c(C)nn(C)c2C)CC1. The molecule has 2 aromatic heterocycles. The number of nitrogens with zero attached hydrogens (tertiary/aromatic N) is 4. The molecule has 13 heteroatoms. The van der Waals surface area contributed by atoms with E-state index in [1.165, 1.54) is 31.8 Å².